The van der Waals surface area contributed by atoms with E-state index in [9.17, 15) is 9.59 Å². The monoisotopic (exact) mass is 313 g/mol. The molecular formula is C15H15N5O3. The van der Waals surface area contributed by atoms with Crippen LogP contribution in [0.4, 0.5) is 0 Å². The van der Waals surface area contributed by atoms with Crippen LogP contribution in [0.25, 0.3) is 5.65 Å². The Bertz CT molecular complexity index is 838. The lowest BCUT2D eigenvalue weighted by atomic mass is 10.2. The molecule has 8 heteroatoms. The molecule has 23 heavy (non-hydrogen) atoms. The van der Waals surface area contributed by atoms with Gasteiger partial charge in [-0.05, 0) is 19.1 Å². The number of H-pyrrole nitrogens is 1. The number of amides is 1. The van der Waals surface area contributed by atoms with Crippen molar-refractivity contribution in [1.82, 2.24) is 24.9 Å². The van der Waals surface area contributed by atoms with Crippen LogP contribution in [0.3, 0.4) is 0 Å². The number of aromatic nitrogens is 4. The fourth-order valence-corrected chi connectivity index (χ4v) is 2.20. The minimum atomic E-state index is -0.476. The van der Waals surface area contributed by atoms with Gasteiger partial charge in [0, 0.05) is 24.5 Å². The first-order valence-electron chi connectivity index (χ1n) is 7.09. The van der Waals surface area contributed by atoms with Crippen molar-refractivity contribution in [3.63, 3.8) is 0 Å². The van der Waals surface area contributed by atoms with Crippen molar-refractivity contribution in [1.29, 1.82) is 0 Å². The molecule has 8 nitrogen and oxygen atoms in total. The predicted octanol–water partition coefficient (Wildman–Crippen LogP) is 1.16. The molecule has 0 saturated heterocycles. The van der Waals surface area contributed by atoms with Gasteiger partial charge in [0.1, 0.15) is 5.65 Å². The van der Waals surface area contributed by atoms with Crippen LogP contribution in [-0.2, 0) is 11.3 Å². The van der Waals surface area contributed by atoms with E-state index in [1.807, 2.05) is 0 Å². The number of aromatic amines is 1. The highest BCUT2D eigenvalue weighted by Gasteiger charge is 2.17. The molecule has 3 rings (SSSR count). The van der Waals surface area contributed by atoms with E-state index in [-0.39, 0.29) is 18.2 Å². The maximum absolute atomic E-state index is 12.3. The van der Waals surface area contributed by atoms with Crippen molar-refractivity contribution >= 4 is 17.5 Å². The fourth-order valence-electron chi connectivity index (χ4n) is 2.20. The zero-order valence-electron chi connectivity index (χ0n) is 12.4. The van der Waals surface area contributed by atoms with Gasteiger partial charge in [0.25, 0.3) is 5.91 Å². The van der Waals surface area contributed by atoms with Gasteiger partial charge >= 0.3 is 5.97 Å². The lowest BCUT2D eigenvalue weighted by molar-refractivity contribution is 0.0518. The number of imidazole rings is 1. The normalized spacial score (nSPS) is 10.7. The Balaban J connectivity index is 1.86. The lowest BCUT2D eigenvalue weighted by Crippen LogP contribution is -2.23. The number of carbonyl (C=O) groups excluding carboxylic acids is 2. The molecule has 0 saturated carbocycles. The second-order valence-corrected chi connectivity index (χ2v) is 4.77. The molecule has 1 amide bonds. The molecular weight excluding hydrogens is 298 g/mol. The number of esters is 1. The summed E-state index contributed by atoms with van der Waals surface area (Å²) < 4.78 is 6.53. The van der Waals surface area contributed by atoms with E-state index < -0.39 is 5.97 Å². The average molecular weight is 313 g/mol. The van der Waals surface area contributed by atoms with Crippen LogP contribution in [0.2, 0.25) is 0 Å². The van der Waals surface area contributed by atoms with Crippen LogP contribution < -0.4 is 5.32 Å². The highest BCUT2D eigenvalue weighted by Crippen LogP contribution is 2.13. The summed E-state index contributed by atoms with van der Waals surface area (Å²) in [4.78, 5) is 28.4. The Labute approximate surface area is 131 Å². The van der Waals surface area contributed by atoms with Crippen molar-refractivity contribution < 1.29 is 14.3 Å². The number of rotatable bonds is 5. The van der Waals surface area contributed by atoms with Gasteiger partial charge in [0.2, 0.25) is 0 Å². The topological polar surface area (TPSA) is 101 Å². The summed E-state index contributed by atoms with van der Waals surface area (Å²) >= 11 is 0. The van der Waals surface area contributed by atoms with Crippen molar-refractivity contribution in [2.75, 3.05) is 6.61 Å². The maximum Gasteiger partial charge on any atom is 0.356 e. The zero-order chi connectivity index (χ0) is 16.2. The number of nitrogens with one attached hydrogen (secondary N) is 2. The van der Waals surface area contributed by atoms with Crippen LogP contribution in [0, 0.1) is 0 Å². The van der Waals surface area contributed by atoms with Crippen molar-refractivity contribution in [3.8, 4) is 0 Å². The van der Waals surface area contributed by atoms with Gasteiger partial charge in [-0.1, -0.05) is 0 Å². The maximum atomic E-state index is 12.3. The van der Waals surface area contributed by atoms with Crippen molar-refractivity contribution in [2.45, 2.75) is 13.5 Å². The van der Waals surface area contributed by atoms with Crippen molar-refractivity contribution in [3.05, 3.63) is 53.7 Å². The third-order valence-corrected chi connectivity index (χ3v) is 3.27. The van der Waals surface area contributed by atoms with Crippen LogP contribution in [0.5, 0.6) is 0 Å². The molecule has 3 aromatic heterocycles. The molecule has 118 valence electrons. The molecule has 0 aromatic carbocycles. The molecule has 3 heterocycles. The van der Waals surface area contributed by atoms with E-state index in [0.717, 1.165) is 5.56 Å². The summed E-state index contributed by atoms with van der Waals surface area (Å²) in [6.45, 7) is 2.36. The van der Waals surface area contributed by atoms with Gasteiger partial charge < -0.3 is 10.1 Å². The molecule has 0 aliphatic rings. The first-order chi connectivity index (χ1) is 11.2. The zero-order valence-corrected chi connectivity index (χ0v) is 12.4. The summed E-state index contributed by atoms with van der Waals surface area (Å²) in [5.41, 5.74) is 1.93. The predicted molar refractivity (Wildman–Crippen MR) is 80.9 cm³/mol. The SMILES string of the molecule is CCOC(=O)c1cnc2c(C(=O)NCc3cn[nH]c3)cccn12. The smallest absolute Gasteiger partial charge is 0.356 e. The lowest BCUT2D eigenvalue weighted by Gasteiger charge is -2.06. The van der Waals surface area contributed by atoms with Crippen molar-refractivity contribution in [2.24, 2.45) is 0 Å². The Hall–Kier alpha value is -3.16. The third kappa shape index (κ3) is 2.91. The largest absolute Gasteiger partial charge is 0.461 e. The summed E-state index contributed by atoms with van der Waals surface area (Å²) in [6.07, 6.45) is 6.41. The van der Waals surface area contributed by atoms with Gasteiger partial charge in [-0.2, -0.15) is 5.10 Å². The van der Waals surface area contributed by atoms with E-state index >= 15 is 0 Å². The number of ether oxygens (including phenoxy) is 1. The second kappa shape index (κ2) is 6.30. The van der Waals surface area contributed by atoms with Crippen LogP contribution in [-0.4, -0.2) is 38.1 Å². The van der Waals surface area contributed by atoms with Gasteiger partial charge in [0.05, 0.1) is 24.6 Å². The third-order valence-electron chi connectivity index (χ3n) is 3.27. The molecule has 0 radical (unpaired) electrons. The molecule has 3 aromatic rings. The first kappa shape index (κ1) is 14.8. The summed E-state index contributed by atoms with van der Waals surface area (Å²) in [5.74, 6) is -0.756. The van der Waals surface area contributed by atoms with E-state index in [2.05, 4.69) is 20.5 Å². The highest BCUT2D eigenvalue weighted by molar-refractivity contribution is 6.00. The quantitative estimate of drug-likeness (QED) is 0.688. The minimum Gasteiger partial charge on any atom is -0.461 e. The van der Waals surface area contributed by atoms with Gasteiger partial charge in [-0.15, -0.1) is 0 Å². The fraction of sp³-hybridized carbons (Fsp3) is 0.200. The van der Waals surface area contributed by atoms with E-state index in [1.165, 1.54) is 6.20 Å². The molecule has 0 aliphatic carbocycles. The van der Waals surface area contributed by atoms with Gasteiger partial charge in [-0.3, -0.25) is 14.3 Å². The number of pyridine rings is 1. The van der Waals surface area contributed by atoms with Crippen LogP contribution in [0.1, 0.15) is 33.3 Å². The number of nitrogens with zero attached hydrogens (tertiary/aromatic N) is 3. The Morgan fingerprint density at radius 3 is 3.00 bits per heavy atom. The van der Waals surface area contributed by atoms with E-state index in [0.29, 0.717) is 17.8 Å². The van der Waals surface area contributed by atoms with E-state index in [1.54, 1.807) is 42.0 Å². The second-order valence-electron chi connectivity index (χ2n) is 4.77. The van der Waals surface area contributed by atoms with Gasteiger partial charge in [0.15, 0.2) is 5.69 Å². The molecule has 0 atom stereocenters. The molecule has 0 aliphatic heterocycles. The van der Waals surface area contributed by atoms with Gasteiger partial charge in [-0.25, -0.2) is 9.78 Å². The summed E-state index contributed by atoms with van der Waals surface area (Å²) in [5, 5.41) is 9.29. The number of carbonyl (C=O) groups is 2. The Morgan fingerprint density at radius 2 is 2.26 bits per heavy atom. The average Bonchev–Trinajstić information content (AvgIpc) is 3.21. The minimum absolute atomic E-state index is 0.275. The van der Waals surface area contributed by atoms with Crippen LogP contribution in [0.15, 0.2) is 36.9 Å². The Kier molecular flexibility index (Phi) is 4.05. The van der Waals surface area contributed by atoms with Crippen LogP contribution >= 0.6 is 0 Å². The highest BCUT2D eigenvalue weighted by atomic mass is 16.5. The molecule has 0 unspecified atom stereocenters. The summed E-state index contributed by atoms with van der Waals surface area (Å²) in [7, 11) is 0. The molecule has 2 N–H and O–H groups in total. The summed E-state index contributed by atoms with van der Waals surface area (Å²) in [6, 6.07) is 3.34. The standard InChI is InChI=1S/C15H15N5O3/c1-2-23-15(22)12-9-16-13-11(4-3-5-20(12)13)14(21)17-6-10-7-18-19-8-10/h3-5,7-9H,2,6H2,1H3,(H,17,21)(H,18,19). The van der Waals surface area contributed by atoms with E-state index in [4.69, 9.17) is 4.74 Å². The number of fused-ring (bicyclic) bond motifs is 1. The first-order valence-corrected chi connectivity index (χ1v) is 7.09. The molecule has 0 bridgehead atoms. The Morgan fingerprint density at radius 1 is 1.39 bits per heavy atom. The molecule has 0 fully saturated rings. The molecule has 0 spiro atoms. The number of hydrogen-bond acceptors (Lipinski definition) is 5. The number of hydrogen-bond donors (Lipinski definition) is 2.